The van der Waals surface area contributed by atoms with Crippen LogP contribution >= 0.6 is 0 Å². The lowest BCUT2D eigenvalue weighted by atomic mass is 9.44. The van der Waals surface area contributed by atoms with Gasteiger partial charge in [0.1, 0.15) is 0 Å². The largest absolute Gasteiger partial charge is 0.378 e. The van der Waals surface area contributed by atoms with Crippen LogP contribution in [0.25, 0.3) is 0 Å². The number of rotatable bonds is 24. The summed E-state index contributed by atoms with van der Waals surface area (Å²) in [4.78, 5) is 0. The molecule has 0 radical (unpaired) electrons. The zero-order valence-electron chi connectivity index (χ0n) is 31.7. The van der Waals surface area contributed by atoms with E-state index in [-0.39, 0.29) is 0 Å². The quantitative estimate of drug-likeness (QED) is 0.103. The van der Waals surface area contributed by atoms with E-state index >= 15 is 0 Å². The van der Waals surface area contributed by atoms with Crippen LogP contribution in [0.4, 0.5) is 0 Å². The van der Waals surface area contributed by atoms with Gasteiger partial charge in [0.05, 0.1) is 6.10 Å². The van der Waals surface area contributed by atoms with Crippen molar-refractivity contribution in [2.45, 2.75) is 201 Å². The molecular formula is C43H82N2O. The molecule has 3 nitrogen and oxygen atoms in total. The first kappa shape index (κ1) is 38.7. The number of unbranched alkanes of at least 4 members (excludes halogenated alkanes) is 13. The van der Waals surface area contributed by atoms with Crippen molar-refractivity contribution in [2.75, 3.05) is 26.2 Å². The van der Waals surface area contributed by atoms with Gasteiger partial charge in [-0.15, -0.1) is 0 Å². The molecule has 0 spiro atoms. The zero-order chi connectivity index (χ0) is 32.7. The molecule has 0 aromatic carbocycles. The first-order chi connectivity index (χ1) is 22.4. The molecule has 0 bridgehead atoms. The molecule has 0 amide bonds. The molecule has 0 heterocycles. The van der Waals surface area contributed by atoms with E-state index in [9.17, 15) is 0 Å². The third kappa shape index (κ3) is 10.7. The normalized spacial score (nSPS) is 34.6. The first-order valence-electron chi connectivity index (χ1n) is 21.5. The Morgan fingerprint density at radius 2 is 1.28 bits per heavy atom. The molecule has 4 fully saturated rings. The molecule has 46 heavy (non-hydrogen) atoms. The topological polar surface area (TPSA) is 47.3 Å². The van der Waals surface area contributed by atoms with Crippen molar-refractivity contribution in [2.24, 2.45) is 52.1 Å². The lowest BCUT2D eigenvalue weighted by Crippen LogP contribution is -2.54. The average Bonchev–Trinajstić information content (AvgIpc) is 3.41. The van der Waals surface area contributed by atoms with Gasteiger partial charge in [-0.05, 0) is 149 Å². The van der Waals surface area contributed by atoms with E-state index in [1.807, 2.05) is 0 Å². The number of fused-ring (bicyclic) bond motifs is 5. The highest BCUT2D eigenvalue weighted by Crippen LogP contribution is 2.68. The van der Waals surface area contributed by atoms with Crippen molar-refractivity contribution in [1.29, 1.82) is 0 Å². The van der Waals surface area contributed by atoms with Crippen LogP contribution in [0.5, 0.6) is 0 Å². The van der Waals surface area contributed by atoms with Crippen molar-refractivity contribution in [3.05, 3.63) is 0 Å². The van der Waals surface area contributed by atoms with E-state index in [2.05, 4.69) is 33.0 Å². The van der Waals surface area contributed by atoms with Gasteiger partial charge in [0.15, 0.2) is 0 Å². The summed E-state index contributed by atoms with van der Waals surface area (Å²) >= 11 is 0. The summed E-state index contributed by atoms with van der Waals surface area (Å²) in [6.45, 7) is 14.5. The maximum absolute atomic E-state index is 6.29. The van der Waals surface area contributed by atoms with Crippen molar-refractivity contribution < 1.29 is 4.74 Å². The molecule has 4 aliphatic carbocycles. The number of ether oxygens (including phenoxy) is 1. The predicted molar refractivity (Wildman–Crippen MR) is 200 cm³/mol. The molecule has 4 aliphatic rings. The van der Waals surface area contributed by atoms with Crippen molar-refractivity contribution in [3.8, 4) is 0 Å². The smallest absolute Gasteiger partial charge is 0.0578 e. The lowest BCUT2D eigenvalue weighted by molar-refractivity contribution is -0.136. The molecule has 4 rings (SSSR count). The van der Waals surface area contributed by atoms with E-state index in [1.54, 1.807) is 0 Å². The molecule has 4 saturated carbocycles. The first-order valence-corrected chi connectivity index (χ1v) is 21.5. The molecule has 0 aromatic rings. The van der Waals surface area contributed by atoms with Gasteiger partial charge < -0.3 is 15.8 Å². The van der Waals surface area contributed by atoms with Gasteiger partial charge in [0.2, 0.25) is 0 Å². The average molecular weight is 643 g/mol. The fourth-order valence-corrected chi connectivity index (χ4v) is 12.0. The van der Waals surface area contributed by atoms with Crippen LogP contribution in [-0.2, 0) is 4.74 Å². The van der Waals surface area contributed by atoms with Gasteiger partial charge >= 0.3 is 0 Å². The fraction of sp³-hybridized carbons (Fsp3) is 1.00. The molecule has 3 N–H and O–H groups in total. The Hall–Kier alpha value is -0.120. The third-order valence-corrected chi connectivity index (χ3v) is 14.8. The summed E-state index contributed by atoms with van der Waals surface area (Å²) in [7, 11) is 0. The lowest BCUT2D eigenvalue weighted by Gasteiger charge is -2.61. The molecule has 270 valence electrons. The van der Waals surface area contributed by atoms with E-state index in [1.165, 1.54) is 174 Å². The highest BCUT2D eigenvalue weighted by Gasteiger charge is 2.60. The van der Waals surface area contributed by atoms with Gasteiger partial charge in [0, 0.05) is 6.61 Å². The van der Waals surface area contributed by atoms with Crippen molar-refractivity contribution in [3.63, 3.8) is 0 Å². The van der Waals surface area contributed by atoms with E-state index in [0.29, 0.717) is 16.9 Å². The predicted octanol–water partition coefficient (Wildman–Crippen LogP) is 11.9. The SMILES string of the molecule is CCCCCCCCCCCCCCCCNCCC[C@@H](C)[C@H]1CC[C@H]2C3CCC4C[C@H](OCCCN)CC[C@]4(C)C3CC[C@]12C. The summed E-state index contributed by atoms with van der Waals surface area (Å²) < 4.78 is 6.29. The Kier molecular flexibility index (Phi) is 17.3. The number of nitrogens with one attached hydrogen (secondary N) is 1. The summed E-state index contributed by atoms with van der Waals surface area (Å²) in [6.07, 6.45) is 37.6. The second-order valence-corrected chi connectivity index (χ2v) is 17.8. The molecule has 3 heteroatoms. The van der Waals surface area contributed by atoms with Crippen LogP contribution in [0.2, 0.25) is 0 Å². The summed E-state index contributed by atoms with van der Waals surface area (Å²) in [5.74, 6) is 5.71. The van der Waals surface area contributed by atoms with Gasteiger partial charge in [-0.2, -0.15) is 0 Å². The Bertz CT molecular complexity index is 802. The summed E-state index contributed by atoms with van der Waals surface area (Å²) in [5.41, 5.74) is 6.90. The number of hydrogen-bond acceptors (Lipinski definition) is 3. The highest BCUT2D eigenvalue weighted by molar-refractivity contribution is 5.09. The maximum atomic E-state index is 6.29. The Balaban J connectivity index is 1.04. The minimum atomic E-state index is 0.500. The third-order valence-electron chi connectivity index (χ3n) is 14.8. The minimum absolute atomic E-state index is 0.500. The van der Waals surface area contributed by atoms with Gasteiger partial charge in [0.25, 0.3) is 0 Å². The highest BCUT2D eigenvalue weighted by atomic mass is 16.5. The second-order valence-electron chi connectivity index (χ2n) is 17.8. The van der Waals surface area contributed by atoms with Crippen LogP contribution in [0.1, 0.15) is 195 Å². The fourth-order valence-electron chi connectivity index (χ4n) is 12.0. The number of hydrogen-bond donors (Lipinski definition) is 2. The van der Waals surface area contributed by atoms with Crippen LogP contribution in [0, 0.1) is 46.3 Å². The summed E-state index contributed by atoms with van der Waals surface area (Å²) in [6, 6.07) is 0. The Morgan fingerprint density at radius 3 is 1.96 bits per heavy atom. The minimum Gasteiger partial charge on any atom is -0.378 e. The number of nitrogens with two attached hydrogens (primary N) is 1. The molecule has 0 aromatic heterocycles. The summed E-state index contributed by atoms with van der Waals surface area (Å²) in [5, 5.41) is 3.81. The Morgan fingerprint density at radius 1 is 0.674 bits per heavy atom. The molecule has 3 unspecified atom stereocenters. The van der Waals surface area contributed by atoms with Crippen molar-refractivity contribution >= 4 is 0 Å². The zero-order valence-corrected chi connectivity index (χ0v) is 31.7. The Labute approximate surface area is 288 Å². The van der Waals surface area contributed by atoms with E-state index in [0.717, 1.165) is 55.1 Å². The van der Waals surface area contributed by atoms with Gasteiger partial charge in [-0.25, -0.2) is 0 Å². The monoisotopic (exact) mass is 643 g/mol. The molecule has 9 atom stereocenters. The van der Waals surface area contributed by atoms with Crippen molar-refractivity contribution in [1.82, 2.24) is 5.32 Å². The molecule has 0 saturated heterocycles. The van der Waals surface area contributed by atoms with E-state index < -0.39 is 0 Å². The second kappa shape index (κ2) is 20.5. The molecular weight excluding hydrogens is 560 g/mol. The van der Waals surface area contributed by atoms with Gasteiger partial charge in [-0.3, -0.25) is 0 Å². The van der Waals surface area contributed by atoms with Crippen LogP contribution in [0.15, 0.2) is 0 Å². The molecule has 0 aliphatic heterocycles. The van der Waals surface area contributed by atoms with Crippen LogP contribution in [0.3, 0.4) is 0 Å². The van der Waals surface area contributed by atoms with Gasteiger partial charge in [-0.1, -0.05) is 111 Å². The van der Waals surface area contributed by atoms with Crippen LogP contribution in [-0.4, -0.2) is 32.3 Å². The maximum Gasteiger partial charge on any atom is 0.0578 e. The van der Waals surface area contributed by atoms with Crippen LogP contribution < -0.4 is 11.1 Å². The standard InChI is InChI=1S/C43H82N2O/c1-5-6-7-8-9-10-11-12-13-14-15-16-17-18-31-45-32-19-21-35(2)39-24-25-40-38-23-22-36-34-37(46-33-20-30-44)26-28-42(36,3)41(38)27-29-43(39,40)4/h35-41,45H,5-34,44H2,1-4H3/t35-,36?,37-,38?,39-,40+,41?,42+,43-/m1/s1. The van der Waals surface area contributed by atoms with E-state index in [4.69, 9.17) is 10.5 Å².